The summed E-state index contributed by atoms with van der Waals surface area (Å²) in [5, 5.41) is 3.39. The lowest BCUT2D eigenvalue weighted by atomic mass is 10.1. The first-order chi connectivity index (χ1) is 8.92. The van der Waals surface area contributed by atoms with E-state index in [2.05, 4.69) is 39.6 Å². The normalized spacial score (nSPS) is 14.7. The van der Waals surface area contributed by atoms with Crippen LogP contribution >= 0.6 is 0 Å². The highest BCUT2D eigenvalue weighted by molar-refractivity contribution is 5.27. The van der Waals surface area contributed by atoms with Crippen LogP contribution in [0.5, 0.6) is 0 Å². The smallest absolute Gasteiger partial charge is 0.115 e. The Morgan fingerprint density at radius 3 is 2.56 bits per heavy atom. The summed E-state index contributed by atoms with van der Waals surface area (Å²) in [6.07, 6.45) is 6.09. The summed E-state index contributed by atoms with van der Waals surface area (Å²) in [6.45, 7) is 1.67. The van der Waals surface area contributed by atoms with Crippen molar-refractivity contribution in [1.29, 1.82) is 0 Å². The molecule has 2 aromatic rings. The van der Waals surface area contributed by atoms with Gasteiger partial charge in [-0.1, -0.05) is 24.3 Å². The highest BCUT2D eigenvalue weighted by atomic mass is 14.9. The molecule has 1 aromatic carbocycles. The molecule has 0 saturated heterocycles. The highest BCUT2D eigenvalue weighted by Gasteiger charge is 2.22. The van der Waals surface area contributed by atoms with Crippen LogP contribution in [-0.2, 0) is 13.1 Å². The van der Waals surface area contributed by atoms with E-state index in [1.807, 2.05) is 6.07 Å². The third-order valence-electron chi connectivity index (χ3n) is 3.31. The van der Waals surface area contributed by atoms with E-state index < -0.39 is 0 Å². The summed E-state index contributed by atoms with van der Waals surface area (Å²) in [6, 6.07) is 10.9. The van der Waals surface area contributed by atoms with Crippen molar-refractivity contribution in [2.24, 2.45) is 0 Å². The zero-order chi connectivity index (χ0) is 12.2. The zero-order valence-corrected chi connectivity index (χ0v) is 10.3. The van der Waals surface area contributed by atoms with Gasteiger partial charge >= 0.3 is 0 Å². The van der Waals surface area contributed by atoms with Crippen LogP contribution in [0.25, 0.3) is 0 Å². The van der Waals surface area contributed by atoms with Crippen molar-refractivity contribution in [1.82, 2.24) is 15.3 Å². The molecule has 3 rings (SSSR count). The first-order valence-electron chi connectivity index (χ1n) is 6.46. The van der Waals surface area contributed by atoms with Gasteiger partial charge in [0.2, 0.25) is 0 Å². The van der Waals surface area contributed by atoms with Gasteiger partial charge < -0.3 is 5.32 Å². The SMILES string of the molecule is c1cc(CNCc2ccc(C3CC3)cc2)ncn1. The lowest BCUT2D eigenvalue weighted by Gasteiger charge is -2.05. The second-order valence-corrected chi connectivity index (χ2v) is 4.82. The average Bonchev–Trinajstić information content (AvgIpc) is 3.25. The molecule has 3 nitrogen and oxygen atoms in total. The van der Waals surface area contributed by atoms with Crippen LogP contribution in [0, 0.1) is 0 Å². The fourth-order valence-electron chi connectivity index (χ4n) is 2.08. The Hall–Kier alpha value is -1.74. The Labute approximate surface area is 107 Å². The first kappa shape index (κ1) is 11.4. The van der Waals surface area contributed by atoms with E-state index in [0.29, 0.717) is 0 Å². The minimum atomic E-state index is 0.785. The zero-order valence-electron chi connectivity index (χ0n) is 10.3. The minimum absolute atomic E-state index is 0.785. The summed E-state index contributed by atoms with van der Waals surface area (Å²) in [5.74, 6) is 0.841. The van der Waals surface area contributed by atoms with Crippen molar-refractivity contribution in [2.45, 2.75) is 31.8 Å². The molecular weight excluding hydrogens is 222 g/mol. The fraction of sp³-hybridized carbons (Fsp3) is 0.333. The van der Waals surface area contributed by atoms with Crippen LogP contribution in [0.15, 0.2) is 42.9 Å². The molecule has 0 unspecified atom stereocenters. The molecule has 1 aliphatic rings. The number of rotatable bonds is 5. The summed E-state index contributed by atoms with van der Waals surface area (Å²) in [7, 11) is 0. The topological polar surface area (TPSA) is 37.8 Å². The molecule has 1 heterocycles. The number of nitrogens with zero attached hydrogens (tertiary/aromatic N) is 2. The molecule has 0 spiro atoms. The number of benzene rings is 1. The second-order valence-electron chi connectivity index (χ2n) is 4.82. The highest BCUT2D eigenvalue weighted by Crippen LogP contribution is 2.39. The van der Waals surface area contributed by atoms with Crippen molar-refractivity contribution >= 4 is 0 Å². The number of hydrogen-bond acceptors (Lipinski definition) is 3. The molecule has 0 amide bonds. The molecule has 18 heavy (non-hydrogen) atoms. The van der Waals surface area contributed by atoms with Crippen LogP contribution in [0.2, 0.25) is 0 Å². The van der Waals surface area contributed by atoms with E-state index >= 15 is 0 Å². The van der Waals surface area contributed by atoms with Gasteiger partial charge in [-0.3, -0.25) is 0 Å². The lowest BCUT2D eigenvalue weighted by Crippen LogP contribution is -2.13. The molecule has 0 radical (unpaired) electrons. The van der Waals surface area contributed by atoms with Gasteiger partial charge in [0.05, 0.1) is 5.69 Å². The van der Waals surface area contributed by atoms with E-state index in [-0.39, 0.29) is 0 Å². The van der Waals surface area contributed by atoms with E-state index in [1.54, 1.807) is 12.5 Å². The van der Waals surface area contributed by atoms with Crippen molar-refractivity contribution < 1.29 is 0 Å². The largest absolute Gasteiger partial charge is 0.307 e. The summed E-state index contributed by atoms with van der Waals surface area (Å²) >= 11 is 0. The predicted molar refractivity (Wildman–Crippen MR) is 71.0 cm³/mol. The molecule has 1 fully saturated rings. The standard InChI is InChI=1S/C15H17N3/c1-3-13(14-5-6-14)4-2-12(1)9-17-10-15-7-8-16-11-18-15/h1-4,7-8,11,14,17H,5-6,9-10H2. The van der Waals surface area contributed by atoms with Crippen LogP contribution in [-0.4, -0.2) is 9.97 Å². The Balaban J connectivity index is 1.50. The van der Waals surface area contributed by atoms with Crippen molar-refractivity contribution in [3.05, 3.63) is 59.7 Å². The Morgan fingerprint density at radius 2 is 1.89 bits per heavy atom. The van der Waals surface area contributed by atoms with Crippen molar-refractivity contribution in [3.63, 3.8) is 0 Å². The van der Waals surface area contributed by atoms with E-state index in [4.69, 9.17) is 0 Å². The molecule has 92 valence electrons. The summed E-state index contributed by atoms with van der Waals surface area (Å²) < 4.78 is 0. The van der Waals surface area contributed by atoms with Crippen molar-refractivity contribution in [3.8, 4) is 0 Å². The number of hydrogen-bond donors (Lipinski definition) is 1. The van der Waals surface area contributed by atoms with Gasteiger partial charge in [0.25, 0.3) is 0 Å². The van der Waals surface area contributed by atoms with Crippen LogP contribution in [0.3, 0.4) is 0 Å². The van der Waals surface area contributed by atoms with E-state index in [1.165, 1.54) is 24.0 Å². The molecule has 3 heteroatoms. The molecule has 0 bridgehead atoms. The van der Waals surface area contributed by atoms with Gasteiger partial charge in [-0.05, 0) is 36.0 Å². The minimum Gasteiger partial charge on any atom is -0.307 e. The van der Waals surface area contributed by atoms with Gasteiger partial charge in [0, 0.05) is 19.3 Å². The molecule has 1 aromatic heterocycles. The molecular formula is C15H17N3. The summed E-state index contributed by atoms with van der Waals surface area (Å²) in [5.41, 5.74) is 3.85. The third-order valence-corrected chi connectivity index (χ3v) is 3.31. The average molecular weight is 239 g/mol. The monoisotopic (exact) mass is 239 g/mol. The molecule has 1 saturated carbocycles. The Bertz CT molecular complexity index is 489. The maximum atomic E-state index is 4.18. The van der Waals surface area contributed by atoms with Gasteiger partial charge in [-0.2, -0.15) is 0 Å². The van der Waals surface area contributed by atoms with E-state index in [9.17, 15) is 0 Å². The second kappa shape index (κ2) is 5.27. The van der Waals surface area contributed by atoms with Gasteiger partial charge in [-0.15, -0.1) is 0 Å². The predicted octanol–water partition coefficient (Wildman–Crippen LogP) is 2.64. The Kier molecular flexibility index (Phi) is 3.33. The quantitative estimate of drug-likeness (QED) is 0.871. The molecule has 1 N–H and O–H groups in total. The van der Waals surface area contributed by atoms with Gasteiger partial charge in [-0.25, -0.2) is 9.97 Å². The maximum Gasteiger partial charge on any atom is 0.115 e. The molecule has 0 atom stereocenters. The molecule has 0 aliphatic heterocycles. The molecule has 1 aliphatic carbocycles. The van der Waals surface area contributed by atoms with Gasteiger partial charge in [0.1, 0.15) is 6.33 Å². The van der Waals surface area contributed by atoms with Crippen molar-refractivity contribution in [2.75, 3.05) is 0 Å². The summed E-state index contributed by atoms with van der Waals surface area (Å²) in [4.78, 5) is 8.09. The van der Waals surface area contributed by atoms with E-state index in [0.717, 1.165) is 24.7 Å². The third kappa shape index (κ3) is 2.93. The Morgan fingerprint density at radius 1 is 1.06 bits per heavy atom. The fourth-order valence-corrected chi connectivity index (χ4v) is 2.08. The number of aromatic nitrogens is 2. The maximum absolute atomic E-state index is 4.18. The van der Waals surface area contributed by atoms with Gasteiger partial charge in [0.15, 0.2) is 0 Å². The lowest BCUT2D eigenvalue weighted by molar-refractivity contribution is 0.677. The van der Waals surface area contributed by atoms with Crippen LogP contribution < -0.4 is 5.32 Å². The number of nitrogens with one attached hydrogen (secondary N) is 1. The van der Waals surface area contributed by atoms with Crippen LogP contribution in [0.4, 0.5) is 0 Å². The first-order valence-corrected chi connectivity index (χ1v) is 6.46. The van der Waals surface area contributed by atoms with Crippen LogP contribution in [0.1, 0.15) is 35.6 Å².